The zero-order valence-corrected chi connectivity index (χ0v) is 19.0. The van der Waals surface area contributed by atoms with Gasteiger partial charge in [0.1, 0.15) is 10.6 Å². The number of thioether (sulfide) groups is 1. The van der Waals surface area contributed by atoms with Crippen LogP contribution in [0.5, 0.6) is 5.75 Å². The van der Waals surface area contributed by atoms with Gasteiger partial charge in [-0.1, -0.05) is 31.1 Å². The number of benzene rings is 1. The SMILES string of the molecule is CCCCCN(C(=O)CSc1ccc(OC)cc1)c1nc(C)c(C(=O)OCC)s1. The van der Waals surface area contributed by atoms with Gasteiger partial charge in [-0.25, -0.2) is 9.78 Å². The molecule has 2 aromatic rings. The molecular weight excluding hydrogens is 408 g/mol. The van der Waals surface area contributed by atoms with Gasteiger partial charge in [0.25, 0.3) is 0 Å². The maximum absolute atomic E-state index is 13.0. The fraction of sp³-hybridized carbons (Fsp3) is 0.476. The Balaban J connectivity index is 2.12. The molecule has 0 saturated heterocycles. The number of unbranched alkanes of at least 4 members (excludes halogenated alkanes) is 2. The van der Waals surface area contributed by atoms with Gasteiger partial charge in [0.05, 0.1) is 25.2 Å². The van der Waals surface area contributed by atoms with Gasteiger partial charge in [-0.15, -0.1) is 11.8 Å². The van der Waals surface area contributed by atoms with Gasteiger partial charge in [0.2, 0.25) is 5.91 Å². The van der Waals surface area contributed by atoms with Gasteiger partial charge in [-0.2, -0.15) is 0 Å². The standard InChI is InChI=1S/C21H28N2O4S2/c1-5-7-8-13-23(21-22-15(3)19(29-21)20(25)27-6-2)18(24)14-28-17-11-9-16(26-4)10-12-17/h9-12H,5-8,13-14H2,1-4H3. The number of rotatable bonds is 11. The van der Waals surface area contributed by atoms with Crippen molar-refractivity contribution >= 4 is 40.1 Å². The monoisotopic (exact) mass is 436 g/mol. The van der Waals surface area contributed by atoms with E-state index >= 15 is 0 Å². The number of hydrogen-bond acceptors (Lipinski definition) is 7. The first-order valence-electron chi connectivity index (χ1n) is 9.71. The van der Waals surface area contributed by atoms with E-state index in [0.717, 1.165) is 29.9 Å². The highest BCUT2D eigenvalue weighted by molar-refractivity contribution is 8.00. The van der Waals surface area contributed by atoms with Gasteiger partial charge < -0.3 is 9.47 Å². The summed E-state index contributed by atoms with van der Waals surface area (Å²) in [6.07, 6.45) is 2.99. The molecule has 6 nitrogen and oxygen atoms in total. The molecular formula is C21H28N2O4S2. The number of esters is 1. The summed E-state index contributed by atoms with van der Waals surface area (Å²) in [5, 5.41) is 0.557. The van der Waals surface area contributed by atoms with Crippen LogP contribution in [0.2, 0.25) is 0 Å². The first-order valence-corrected chi connectivity index (χ1v) is 11.5. The molecule has 158 valence electrons. The Morgan fingerprint density at radius 2 is 1.90 bits per heavy atom. The molecule has 1 amide bonds. The number of thiazole rings is 1. The highest BCUT2D eigenvalue weighted by Gasteiger charge is 2.23. The molecule has 0 N–H and O–H groups in total. The Labute approximate surface area is 180 Å². The summed E-state index contributed by atoms with van der Waals surface area (Å²) in [6.45, 7) is 6.56. The Hall–Kier alpha value is -2.06. The topological polar surface area (TPSA) is 68.7 Å². The minimum Gasteiger partial charge on any atom is -0.497 e. The van der Waals surface area contributed by atoms with E-state index in [1.165, 1.54) is 23.1 Å². The normalized spacial score (nSPS) is 10.6. The van der Waals surface area contributed by atoms with Crippen molar-refractivity contribution in [2.24, 2.45) is 0 Å². The second kappa shape index (κ2) is 11.8. The van der Waals surface area contributed by atoms with Crippen LogP contribution in [0.1, 0.15) is 48.5 Å². The van der Waals surface area contributed by atoms with E-state index < -0.39 is 0 Å². The Morgan fingerprint density at radius 3 is 2.52 bits per heavy atom. The van der Waals surface area contributed by atoms with E-state index in [4.69, 9.17) is 9.47 Å². The van der Waals surface area contributed by atoms with Crippen LogP contribution in [-0.4, -0.2) is 42.9 Å². The summed E-state index contributed by atoms with van der Waals surface area (Å²) in [6, 6.07) is 7.62. The minimum absolute atomic E-state index is 0.0221. The molecule has 2 rings (SSSR count). The second-order valence-electron chi connectivity index (χ2n) is 6.35. The first kappa shape index (κ1) is 23.2. The van der Waals surface area contributed by atoms with Crippen molar-refractivity contribution in [3.63, 3.8) is 0 Å². The molecule has 0 atom stereocenters. The number of nitrogens with zero attached hydrogens (tertiary/aromatic N) is 2. The van der Waals surface area contributed by atoms with E-state index in [1.807, 2.05) is 24.3 Å². The fourth-order valence-corrected chi connectivity index (χ4v) is 4.40. The van der Waals surface area contributed by atoms with Crippen molar-refractivity contribution in [2.45, 2.75) is 44.9 Å². The third kappa shape index (κ3) is 6.75. The van der Waals surface area contributed by atoms with Crippen LogP contribution in [0, 0.1) is 6.92 Å². The van der Waals surface area contributed by atoms with Crippen LogP contribution in [0.25, 0.3) is 0 Å². The molecule has 0 aliphatic carbocycles. The smallest absolute Gasteiger partial charge is 0.350 e. The van der Waals surface area contributed by atoms with E-state index in [-0.39, 0.29) is 11.9 Å². The van der Waals surface area contributed by atoms with E-state index in [2.05, 4.69) is 11.9 Å². The number of carbonyl (C=O) groups is 2. The second-order valence-corrected chi connectivity index (χ2v) is 8.37. The summed E-state index contributed by atoms with van der Waals surface area (Å²) >= 11 is 2.70. The maximum Gasteiger partial charge on any atom is 0.350 e. The summed E-state index contributed by atoms with van der Waals surface area (Å²) < 4.78 is 10.3. The number of methoxy groups -OCH3 is 1. The Bertz CT molecular complexity index is 806. The van der Waals surface area contributed by atoms with Crippen molar-refractivity contribution in [2.75, 3.05) is 30.9 Å². The average Bonchev–Trinajstić information content (AvgIpc) is 3.11. The molecule has 0 radical (unpaired) electrons. The predicted molar refractivity (Wildman–Crippen MR) is 118 cm³/mol. The summed E-state index contributed by atoms with van der Waals surface area (Å²) in [7, 11) is 1.63. The molecule has 1 aromatic heterocycles. The molecule has 0 fully saturated rings. The number of ether oxygens (including phenoxy) is 2. The molecule has 1 aromatic carbocycles. The lowest BCUT2D eigenvalue weighted by Crippen LogP contribution is -2.33. The van der Waals surface area contributed by atoms with Gasteiger partial charge in [-0.05, 0) is 44.5 Å². The number of carbonyl (C=O) groups excluding carboxylic acids is 2. The summed E-state index contributed by atoms with van der Waals surface area (Å²) in [4.78, 5) is 32.7. The van der Waals surface area contributed by atoms with Gasteiger partial charge in [0, 0.05) is 11.4 Å². The average molecular weight is 437 g/mol. The number of hydrogen-bond donors (Lipinski definition) is 0. The van der Waals surface area contributed by atoms with Crippen molar-refractivity contribution in [3.8, 4) is 5.75 Å². The van der Waals surface area contributed by atoms with E-state index in [1.54, 1.807) is 25.9 Å². The quantitative estimate of drug-likeness (QED) is 0.282. The lowest BCUT2D eigenvalue weighted by Gasteiger charge is -2.19. The maximum atomic E-state index is 13.0. The highest BCUT2D eigenvalue weighted by Crippen LogP contribution is 2.29. The third-order valence-electron chi connectivity index (χ3n) is 4.19. The molecule has 29 heavy (non-hydrogen) atoms. The summed E-state index contributed by atoms with van der Waals surface area (Å²) in [5.74, 6) is 0.672. The van der Waals surface area contributed by atoms with Crippen molar-refractivity contribution in [1.82, 2.24) is 4.98 Å². The predicted octanol–water partition coefficient (Wildman–Crippen LogP) is 4.95. The Kier molecular flexibility index (Phi) is 9.47. The van der Waals surface area contributed by atoms with Crippen LogP contribution in [0.15, 0.2) is 29.2 Å². The molecule has 0 saturated carbocycles. The Morgan fingerprint density at radius 1 is 1.17 bits per heavy atom. The molecule has 0 aliphatic heterocycles. The largest absolute Gasteiger partial charge is 0.497 e. The highest BCUT2D eigenvalue weighted by atomic mass is 32.2. The lowest BCUT2D eigenvalue weighted by molar-refractivity contribution is -0.116. The molecule has 8 heteroatoms. The molecule has 1 heterocycles. The molecule has 0 aliphatic rings. The zero-order valence-electron chi connectivity index (χ0n) is 17.4. The number of aromatic nitrogens is 1. The van der Waals surface area contributed by atoms with Crippen molar-refractivity contribution in [1.29, 1.82) is 0 Å². The van der Waals surface area contributed by atoms with Crippen LogP contribution in [-0.2, 0) is 9.53 Å². The van der Waals surface area contributed by atoms with E-state index in [0.29, 0.717) is 34.6 Å². The first-order chi connectivity index (χ1) is 14.0. The minimum atomic E-state index is -0.387. The number of aryl methyl sites for hydroxylation is 1. The van der Waals surface area contributed by atoms with Gasteiger partial charge >= 0.3 is 5.97 Å². The lowest BCUT2D eigenvalue weighted by atomic mass is 10.2. The van der Waals surface area contributed by atoms with Crippen molar-refractivity contribution < 1.29 is 19.1 Å². The molecule has 0 unspecified atom stereocenters. The number of amides is 1. The van der Waals surface area contributed by atoms with Gasteiger partial charge in [-0.3, -0.25) is 9.69 Å². The number of anilines is 1. The van der Waals surface area contributed by atoms with Crippen LogP contribution >= 0.6 is 23.1 Å². The molecule has 0 spiro atoms. The van der Waals surface area contributed by atoms with Crippen molar-refractivity contribution in [3.05, 3.63) is 34.8 Å². The van der Waals surface area contributed by atoms with E-state index in [9.17, 15) is 9.59 Å². The summed E-state index contributed by atoms with van der Waals surface area (Å²) in [5.41, 5.74) is 0.597. The van der Waals surface area contributed by atoms with Crippen LogP contribution < -0.4 is 9.64 Å². The zero-order chi connectivity index (χ0) is 21.2. The third-order valence-corrected chi connectivity index (χ3v) is 6.34. The van der Waals surface area contributed by atoms with Gasteiger partial charge in [0.15, 0.2) is 5.13 Å². The molecule has 0 bridgehead atoms. The van der Waals surface area contributed by atoms with Crippen LogP contribution in [0.4, 0.5) is 5.13 Å². The fourth-order valence-electron chi connectivity index (χ4n) is 2.63. The van der Waals surface area contributed by atoms with Crippen LogP contribution in [0.3, 0.4) is 0 Å².